The van der Waals surface area contributed by atoms with Crippen molar-refractivity contribution in [1.29, 1.82) is 0 Å². The van der Waals surface area contributed by atoms with Crippen LogP contribution in [-0.4, -0.2) is 51.7 Å². The first kappa shape index (κ1) is 19.9. The van der Waals surface area contributed by atoms with Gasteiger partial charge in [-0.1, -0.05) is 29.8 Å². The second-order valence-corrected chi connectivity index (χ2v) is 7.52. The Morgan fingerprint density at radius 2 is 2.00 bits per heavy atom. The topological polar surface area (TPSA) is 75.7 Å². The Hall–Kier alpha value is -1.15. The summed E-state index contributed by atoms with van der Waals surface area (Å²) in [6.07, 6.45) is 1.83. The number of carbonyl (C=O) groups is 1. The fraction of sp³-hybridized carbons (Fsp3) is 0.533. The zero-order chi connectivity index (χ0) is 17.3. The highest BCUT2D eigenvalue weighted by Gasteiger charge is 2.17. The Bertz CT molecular complexity index is 607. The number of halogens is 1. The number of hydrogen-bond acceptors (Lipinski definition) is 4. The van der Waals surface area contributed by atoms with E-state index in [-0.39, 0.29) is 18.9 Å². The van der Waals surface area contributed by atoms with Gasteiger partial charge >= 0.3 is 0 Å². The van der Waals surface area contributed by atoms with Gasteiger partial charge in [0.15, 0.2) is 0 Å². The van der Waals surface area contributed by atoms with Crippen molar-refractivity contribution in [3.8, 4) is 0 Å². The largest absolute Gasteiger partial charge is 0.385 e. The molecule has 1 rings (SSSR count). The van der Waals surface area contributed by atoms with Crippen molar-refractivity contribution in [3.63, 3.8) is 0 Å². The van der Waals surface area contributed by atoms with Gasteiger partial charge in [-0.2, -0.15) is 0 Å². The molecular formula is C15H23ClN2O4S. The van der Waals surface area contributed by atoms with E-state index in [1.54, 1.807) is 13.2 Å². The molecule has 1 amide bonds. The minimum atomic E-state index is -3.34. The number of carbonyl (C=O) groups excluding carboxylic acids is 1. The first-order valence-electron chi connectivity index (χ1n) is 7.28. The van der Waals surface area contributed by atoms with Crippen LogP contribution in [0.1, 0.15) is 18.4 Å². The second kappa shape index (κ2) is 9.87. The Kier molecular flexibility index (Phi) is 8.54. The molecule has 0 aliphatic carbocycles. The summed E-state index contributed by atoms with van der Waals surface area (Å²) in [7, 11) is -1.78. The van der Waals surface area contributed by atoms with Gasteiger partial charge in [0.2, 0.25) is 15.9 Å². The molecule has 0 radical (unpaired) electrons. The molecule has 8 heteroatoms. The van der Waals surface area contributed by atoms with E-state index in [0.717, 1.165) is 11.8 Å². The molecule has 0 saturated heterocycles. The smallest absolute Gasteiger partial charge is 0.221 e. The number of benzene rings is 1. The predicted octanol–water partition coefficient (Wildman–Crippen LogP) is 1.64. The maximum atomic E-state index is 11.9. The number of hydrogen-bond donors (Lipinski definition) is 1. The van der Waals surface area contributed by atoms with Crippen LogP contribution in [0.3, 0.4) is 0 Å². The standard InChI is InChI=1S/C15H23ClN2O4S/c1-22-11-5-9-18(23(2,20)21)10-8-15(19)17-12-13-6-3-4-7-14(13)16/h3-4,6-7H,5,8-12H2,1-2H3,(H,17,19). The molecule has 6 nitrogen and oxygen atoms in total. The lowest BCUT2D eigenvalue weighted by Crippen LogP contribution is -2.35. The van der Waals surface area contributed by atoms with E-state index in [1.165, 1.54) is 4.31 Å². The molecule has 0 fully saturated rings. The maximum absolute atomic E-state index is 11.9. The van der Waals surface area contributed by atoms with Gasteiger partial charge in [0, 0.05) is 44.8 Å². The third kappa shape index (κ3) is 7.78. The van der Waals surface area contributed by atoms with Crippen LogP contribution < -0.4 is 5.32 Å². The van der Waals surface area contributed by atoms with Crippen LogP contribution in [0.5, 0.6) is 0 Å². The summed E-state index contributed by atoms with van der Waals surface area (Å²) in [6, 6.07) is 7.24. The summed E-state index contributed by atoms with van der Waals surface area (Å²) in [6.45, 7) is 1.28. The highest BCUT2D eigenvalue weighted by atomic mass is 35.5. The lowest BCUT2D eigenvalue weighted by Gasteiger charge is -2.19. The van der Waals surface area contributed by atoms with Gasteiger partial charge in [0.1, 0.15) is 0 Å². The summed E-state index contributed by atoms with van der Waals surface area (Å²) in [5.41, 5.74) is 0.822. The molecule has 0 aromatic heterocycles. The van der Waals surface area contributed by atoms with Gasteiger partial charge in [-0.3, -0.25) is 4.79 Å². The fourth-order valence-corrected chi connectivity index (χ4v) is 3.07. The van der Waals surface area contributed by atoms with Gasteiger partial charge in [-0.05, 0) is 18.1 Å². The molecule has 0 unspecified atom stereocenters. The lowest BCUT2D eigenvalue weighted by molar-refractivity contribution is -0.121. The Morgan fingerprint density at radius 3 is 2.61 bits per heavy atom. The van der Waals surface area contributed by atoms with E-state index >= 15 is 0 Å². The third-order valence-corrected chi connectivity index (χ3v) is 4.92. The number of amides is 1. The normalized spacial score (nSPS) is 11.7. The van der Waals surface area contributed by atoms with E-state index in [1.807, 2.05) is 18.2 Å². The Morgan fingerprint density at radius 1 is 1.30 bits per heavy atom. The van der Waals surface area contributed by atoms with Gasteiger partial charge in [0.05, 0.1) is 6.26 Å². The van der Waals surface area contributed by atoms with E-state index in [2.05, 4.69) is 5.32 Å². The van der Waals surface area contributed by atoms with Crippen LogP contribution in [0.4, 0.5) is 0 Å². The van der Waals surface area contributed by atoms with Crippen LogP contribution in [0, 0.1) is 0 Å². The summed E-state index contributed by atoms with van der Waals surface area (Å²) in [5.74, 6) is -0.217. The van der Waals surface area contributed by atoms with Crippen molar-refractivity contribution in [2.45, 2.75) is 19.4 Å². The average molecular weight is 363 g/mol. The molecule has 1 aromatic rings. The molecule has 0 bridgehead atoms. The monoisotopic (exact) mass is 362 g/mol. The summed E-state index contributed by atoms with van der Waals surface area (Å²) in [4.78, 5) is 11.9. The van der Waals surface area contributed by atoms with Gasteiger partial charge in [0.25, 0.3) is 0 Å². The molecule has 0 aliphatic heterocycles. The molecule has 1 aromatic carbocycles. The number of nitrogens with zero attached hydrogens (tertiary/aromatic N) is 1. The fourth-order valence-electron chi connectivity index (χ4n) is 1.98. The summed E-state index contributed by atoms with van der Waals surface area (Å²) < 4.78 is 29.6. The highest BCUT2D eigenvalue weighted by molar-refractivity contribution is 7.88. The highest BCUT2D eigenvalue weighted by Crippen LogP contribution is 2.14. The van der Waals surface area contributed by atoms with Crippen LogP contribution in [0.25, 0.3) is 0 Å². The van der Waals surface area contributed by atoms with E-state index in [4.69, 9.17) is 16.3 Å². The van der Waals surface area contributed by atoms with E-state index in [9.17, 15) is 13.2 Å². The van der Waals surface area contributed by atoms with Crippen LogP contribution >= 0.6 is 11.6 Å². The molecule has 0 spiro atoms. The number of ether oxygens (including phenoxy) is 1. The molecule has 0 heterocycles. The van der Waals surface area contributed by atoms with Crippen molar-refractivity contribution < 1.29 is 17.9 Å². The van der Waals surface area contributed by atoms with E-state index in [0.29, 0.717) is 31.1 Å². The SMILES string of the molecule is COCCCN(CCC(=O)NCc1ccccc1Cl)S(C)(=O)=O. The number of sulfonamides is 1. The molecule has 0 atom stereocenters. The van der Waals surface area contributed by atoms with E-state index < -0.39 is 10.0 Å². The molecule has 23 heavy (non-hydrogen) atoms. The van der Waals surface area contributed by atoms with Crippen molar-refractivity contribution in [1.82, 2.24) is 9.62 Å². The molecular weight excluding hydrogens is 340 g/mol. The molecule has 1 N–H and O–H groups in total. The minimum absolute atomic E-state index is 0.102. The Labute approximate surface area is 142 Å². The predicted molar refractivity (Wildman–Crippen MR) is 90.8 cm³/mol. The zero-order valence-corrected chi connectivity index (χ0v) is 15.0. The van der Waals surface area contributed by atoms with Crippen LogP contribution in [-0.2, 0) is 26.1 Å². The summed E-state index contributed by atoms with van der Waals surface area (Å²) in [5, 5.41) is 3.33. The van der Waals surface area contributed by atoms with Crippen molar-refractivity contribution in [2.24, 2.45) is 0 Å². The van der Waals surface area contributed by atoms with Crippen molar-refractivity contribution >= 4 is 27.5 Å². The summed E-state index contributed by atoms with van der Waals surface area (Å²) >= 11 is 6.02. The maximum Gasteiger partial charge on any atom is 0.221 e. The number of nitrogens with one attached hydrogen (secondary N) is 1. The van der Waals surface area contributed by atoms with Gasteiger partial charge in [-0.25, -0.2) is 12.7 Å². The molecule has 0 saturated carbocycles. The molecule has 0 aliphatic rings. The zero-order valence-electron chi connectivity index (χ0n) is 13.4. The number of rotatable bonds is 10. The van der Waals surface area contributed by atoms with Crippen molar-refractivity contribution in [3.05, 3.63) is 34.9 Å². The third-order valence-electron chi connectivity index (χ3n) is 3.25. The second-order valence-electron chi connectivity index (χ2n) is 5.13. The van der Waals surface area contributed by atoms with Crippen molar-refractivity contribution in [2.75, 3.05) is 33.1 Å². The van der Waals surface area contributed by atoms with Crippen LogP contribution in [0.15, 0.2) is 24.3 Å². The quantitative estimate of drug-likeness (QED) is 0.642. The average Bonchev–Trinajstić information content (AvgIpc) is 2.48. The Balaban J connectivity index is 2.44. The first-order valence-corrected chi connectivity index (χ1v) is 9.51. The minimum Gasteiger partial charge on any atom is -0.385 e. The van der Waals surface area contributed by atoms with Crippen LogP contribution in [0.2, 0.25) is 5.02 Å². The first-order chi connectivity index (χ1) is 10.8. The molecule has 130 valence electrons. The lowest BCUT2D eigenvalue weighted by atomic mass is 10.2. The van der Waals surface area contributed by atoms with Gasteiger partial charge in [-0.15, -0.1) is 0 Å². The number of methoxy groups -OCH3 is 1. The van der Waals surface area contributed by atoms with Gasteiger partial charge < -0.3 is 10.1 Å².